The predicted octanol–water partition coefficient (Wildman–Crippen LogP) is 2.40. The zero-order valence-corrected chi connectivity index (χ0v) is 12.5. The Balaban J connectivity index is 2.35. The molecule has 0 aliphatic rings. The molecule has 4 heteroatoms. The molecule has 0 aliphatic carbocycles. The van der Waals surface area contributed by atoms with Crippen LogP contribution in [0.25, 0.3) is 0 Å². The molecule has 1 aromatic carbocycles. The lowest BCUT2D eigenvalue weighted by molar-refractivity contribution is -0.122. The third kappa shape index (κ3) is 6.17. The first-order valence-electron chi connectivity index (χ1n) is 7.26. The van der Waals surface area contributed by atoms with Crippen LogP contribution >= 0.6 is 0 Å². The van der Waals surface area contributed by atoms with Crippen LogP contribution in [0.15, 0.2) is 30.3 Å². The molecule has 0 fully saturated rings. The summed E-state index contributed by atoms with van der Waals surface area (Å²) in [5.41, 5.74) is 7.16. The summed E-state index contributed by atoms with van der Waals surface area (Å²) in [6.45, 7) is 2.66. The van der Waals surface area contributed by atoms with Gasteiger partial charge in [0.1, 0.15) is 0 Å². The van der Waals surface area contributed by atoms with Crippen LogP contribution in [0.5, 0.6) is 0 Å². The Morgan fingerprint density at radius 3 is 2.60 bits per heavy atom. The molecular weight excluding hydrogens is 252 g/mol. The number of amides is 1. The summed E-state index contributed by atoms with van der Waals surface area (Å²) in [5.74, 6) is 0.0480. The zero-order chi connectivity index (χ0) is 14.8. The van der Waals surface area contributed by atoms with Gasteiger partial charge in [-0.2, -0.15) is 0 Å². The van der Waals surface area contributed by atoms with E-state index >= 15 is 0 Å². The molecule has 1 rings (SSSR count). The third-order valence-electron chi connectivity index (χ3n) is 3.28. The smallest absolute Gasteiger partial charge is 0.220 e. The van der Waals surface area contributed by atoms with E-state index in [0.717, 1.165) is 18.4 Å². The molecule has 2 atom stereocenters. The molecule has 4 nitrogen and oxygen atoms in total. The molecule has 112 valence electrons. The molecular formula is C16H26N2O2. The first kappa shape index (κ1) is 16.7. The van der Waals surface area contributed by atoms with Crippen LogP contribution in [0.2, 0.25) is 0 Å². The van der Waals surface area contributed by atoms with Gasteiger partial charge in [0.2, 0.25) is 5.91 Å². The molecule has 20 heavy (non-hydrogen) atoms. The minimum absolute atomic E-state index is 0.0480. The molecule has 1 aromatic rings. The van der Waals surface area contributed by atoms with Gasteiger partial charge in [0.25, 0.3) is 0 Å². The fourth-order valence-corrected chi connectivity index (χ4v) is 2.20. The van der Waals surface area contributed by atoms with Gasteiger partial charge >= 0.3 is 0 Å². The first-order chi connectivity index (χ1) is 9.67. The molecule has 0 aromatic heterocycles. The number of carbonyl (C=O) groups is 1. The lowest BCUT2D eigenvalue weighted by Gasteiger charge is -2.18. The summed E-state index contributed by atoms with van der Waals surface area (Å²) in [4.78, 5) is 11.9. The second-order valence-electron chi connectivity index (χ2n) is 5.06. The van der Waals surface area contributed by atoms with E-state index in [-0.39, 0.29) is 18.0 Å². The van der Waals surface area contributed by atoms with Crippen LogP contribution in [0, 0.1) is 0 Å². The third-order valence-corrected chi connectivity index (χ3v) is 3.28. The number of hydrogen-bond donors (Lipinski definition) is 2. The molecule has 0 aliphatic heterocycles. The van der Waals surface area contributed by atoms with E-state index in [0.29, 0.717) is 19.4 Å². The molecule has 0 radical (unpaired) electrons. The van der Waals surface area contributed by atoms with Gasteiger partial charge in [-0.3, -0.25) is 4.79 Å². The number of benzene rings is 1. The molecule has 2 unspecified atom stereocenters. The number of ether oxygens (including phenoxy) is 1. The van der Waals surface area contributed by atoms with Gasteiger partial charge < -0.3 is 15.8 Å². The van der Waals surface area contributed by atoms with Crippen LogP contribution < -0.4 is 11.1 Å². The van der Waals surface area contributed by atoms with Crippen LogP contribution in [0.1, 0.15) is 44.2 Å². The van der Waals surface area contributed by atoms with Crippen molar-refractivity contribution < 1.29 is 9.53 Å². The lowest BCUT2D eigenvalue weighted by Crippen LogP contribution is -2.38. The summed E-state index contributed by atoms with van der Waals surface area (Å²) in [7, 11) is 1.65. The van der Waals surface area contributed by atoms with E-state index in [2.05, 4.69) is 12.2 Å². The minimum atomic E-state index is -0.0889. The van der Waals surface area contributed by atoms with Crippen LogP contribution in [0.3, 0.4) is 0 Å². The Labute approximate surface area is 121 Å². The maximum absolute atomic E-state index is 11.9. The van der Waals surface area contributed by atoms with Gasteiger partial charge in [-0.25, -0.2) is 0 Å². The summed E-state index contributed by atoms with van der Waals surface area (Å²) in [6.07, 6.45) is 3.06. The second-order valence-corrected chi connectivity index (χ2v) is 5.06. The average Bonchev–Trinajstić information content (AvgIpc) is 2.46. The van der Waals surface area contributed by atoms with Crippen molar-refractivity contribution in [2.75, 3.05) is 13.7 Å². The van der Waals surface area contributed by atoms with Crippen LogP contribution in [0.4, 0.5) is 0 Å². The van der Waals surface area contributed by atoms with Crippen molar-refractivity contribution in [3.05, 3.63) is 35.9 Å². The zero-order valence-electron chi connectivity index (χ0n) is 12.5. The lowest BCUT2D eigenvalue weighted by atomic mass is 10.0. The Bertz CT molecular complexity index is 375. The largest absolute Gasteiger partial charge is 0.383 e. The highest BCUT2D eigenvalue weighted by Gasteiger charge is 2.13. The normalized spacial score (nSPS) is 13.8. The highest BCUT2D eigenvalue weighted by atomic mass is 16.5. The Hall–Kier alpha value is -1.39. The van der Waals surface area contributed by atoms with Gasteiger partial charge in [0.05, 0.1) is 12.6 Å². The second kappa shape index (κ2) is 9.50. The molecule has 0 saturated heterocycles. The standard InChI is InChI=1S/C16H26N2O2/c1-3-7-14(12-20-2)18-16(19)11-10-15(17)13-8-5-4-6-9-13/h4-6,8-9,14-15H,3,7,10-12,17H2,1-2H3,(H,18,19). The molecule has 0 bridgehead atoms. The van der Waals surface area contributed by atoms with E-state index in [1.807, 2.05) is 30.3 Å². The Morgan fingerprint density at radius 1 is 1.30 bits per heavy atom. The molecule has 1 amide bonds. The number of hydrogen-bond acceptors (Lipinski definition) is 3. The van der Waals surface area contributed by atoms with Crippen molar-refractivity contribution in [2.24, 2.45) is 5.73 Å². The van der Waals surface area contributed by atoms with Crippen molar-refractivity contribution >= 4 is 5.91 Å². The molecule has 3 N–H and O–H groups in total. The monoisotopic (exact) mass is 278 g/mol. The van der Waals surface area contributed by atoms with E-state index in [4.69, 9.17) is 10.5 Å². The van der Waals surface area contributed by atoms with Gasteiger partial charge in [-0.05, 0) is 18.4 Å². The molecule has 0 saturated carbocycles. The number of nitrogens with two attached hydrogens (primary N) is 1. The van der Waals surface area contributed by atoms with E-state index in [1.54, 1.807) is 7.11 Å². The highest BCUT2D eigenvalue weighted by molar-refractivity contribution is 5.76. The number of nitrogens with one attached hydrogen (secondary N) is 1. The minimum Gasteiger partial charge on any atom is -0.383 e. The van der Waals surface area contributed by atoms with Crippen molar-refractivity contribution in [3.63, 3.8) is 0 Å². The summed E-state index contributed by atoms with van der Waals surface area (Å²) in [6, 6.07) is 9.89. The van der Waals surface area contributed by atoms with E-state index in [1.165, 1.54) is 0 Å². The summed E-state index contributed by atoms with van der Waals surface area (Å²) >= 11 is 0. The van der Waals surface area contributed by atoms with Crippen molar-refractivity contribution in [3.8, 4) is 0 Å². The number of carbonyl (C=O) groups excluding carboxylic acids is 1. The highest BCUT2D eigenvalue weighted by Crippen LogP contribution is 2.15. The molecule has 0 spiro atoms. The number of rotatable bonds is 9. The fourth-order valence-electron chi connectivity index (χ4n) is 2.20. The quantitative estimate of drug-likeness (QED) is 0.729. The SMILES string of the molecule is CCCC(COC)NC(=O)CCC(N)c1ccccc1. The van der Waals surface area contributed by atoms with Crippen molar-refractivity contribution in [1.29, 1.82) is 0 Å². The van der Waals surface area contributed by atoms with E-state index in [9.17, 15) is 4.79 Å². The van der Waals surface area contributed by atoms with Crippen molar-refractivity contribution in [2.45, 2.75) is 44.7 Å². The van der Waals surface area contributed by atoms with Gasteiger partial charge in [-0.1, -0.05) is 43.7 Å². The van der Waals surface area contributed by atoms with Crippen LogP contribution in [-0.4, -0.2) is 25.7 Å². The van der Waals surface area contributed by atoms with Gasteiger partial charge in [0.15, 0.2) is 0 Å². The number of methoxy groups -OCH3 is 1. The summed E-state index contributed by atoms with van der Waals surface area (Å²) < 4.78 is 5.11. The van der Waals surface area contributed by atoms with Gasteiger partial charge in [0, 0.05) is 19.6 Å². The van der Waals surface area contributed by atoms with Crippen LogP contribution in [-0.2, 0) is 9.53 Å². The van der Waals surface area contributed by atoms with Crippen molar-refractivity contribution in [1.82, 2.24) is 5.32 Å². The summed E-state index contributed by atoms with van der Waals surface area (Å²) in [5, 5.41) is 3.01. The fraction of sp³-hybridized carbons (Fsp3) is 0.562. The Kier molecular flexibility index (Phi) is 7.92. The van der Waals surface area contributed by atoms with E-state index < -0.39 is 0 Å². The maximum atomic E-state index is 11.9. The van der Waals surface area contributed by atoms with Gasteiger partial charge in [-0.15, -0.1) is 0 Å². The molecule has 0 heterocycles. The topological polar surface area (TPSA) is 64.3 Å². The average molecular weight is 278 g/mol. The first-order valence-corrected chi connectivity index (χ1v) is 7.26. The maximum Gasteiger partial charge on any atom is 0.220 e. The Morgan fingerprint density at radius 2 is 2.00 bits per heavy atom. The predicted molar refractivity (Wildman–Crippen MR) is 81.3 cm³/mol.